The molecule has 15 heavy (non-hydrogen) atoms. The molecule has 0 saturated carbocycles. The lowest BCUT2D eigenvalue weighted by atomic mass is 10.2. The second kappa shape index (κ2) is 5.42. The van der Waals surface area contributed by atoms with Gasteiger partial charge < -0.3 is 4.90 Å². The first-order chi connectivity index (χ1) is 7.02. The van der Waals surface area contributed by atoms with Crippen molar-refractivity contribution < 1.29 is 4.79 Å². The van der Waals surface area contributed by atoms with Crippen molar-refractivity contribution in [1.29, 1.82) is 0 Å². The van der Waals surface area contributed by atoms with E-state index < -0.39 is 0 Å². The van der Waals surface area contributed by atoms with Crippen molar-refractivity contribution in [1.82, 2.24) is 4.90 Å². The van der Waals surface area contributed by atoms with Crippen LogP contribution in [0.1, 0.15) is 12.5 Å². The molecule has 0 aliphatic heterocycles. The van der Waals surface area contributed by atoms with Crippen LogP contribution in [0.15, 0.2) is 24.3 Å². The molecule has 0 spiro atoms. The van der Waals surface area contributed by atoms with Crippen LogP contribution in [0.4, 0.5) is 0 Å². The molecule has 0 bridgehead atoms. The number of rotatable bonds is 3. The number of carbonyl (C=O) groups is 1. The van der Waals surface area contributed by atoms with E-state index >= 15 is 0 Å². The molecule has 1 aromatic carbocycles. The van der Waals surface area contributed by atoms with Gasteiger partial charge in [0.25, 0.3) is 0 Å². The SMILES string of the molecule is CC(S)C(=O)N(C)Cc1ccccc1Cl. The van der Waals surface area contributed by atoms with Gasteiger partial charge in [-0.3, -0.25) is 4.79 Å². The summed E-state index contributed by atoms with van der Waals surface area (Å²) in [6, 6.07) is 7.51. The fourth-order valence-corrected chi connectivity index (χ4v) is 1.67. The van der Waals surface area contributed by atoms with Crippen LogP contribution in [0.25, 0.3) is 0 Å². The van der Waals surface area contributed by atoms with Gasteiger partial charge in [-0.25, -0.2) is 0 Å². The Bertz CT molecular complexity index is 354. The Kier molecular flexibility index (Phi) is 4.48. The van der Waals surface area contributed by atoms with Gasteiger partial charge in [-0.15, -0.1) is 0 Å². The molecule has 1 rings (SSSR count). The number of hydrogen-bond acceptors (Lipinski definition) is 2. The van der Waals surface area contributed by atoms with E-state index in [2.05, 4.69) is 12.6 Å². The molecule has 2 nitrogen and oxygen atoms in total. The third kappa shape index (κ3) is 3.43. The number of nitrogens with zero attached hydrogens (tertiary/aromatic N) is 1. The molecule has 1 atom stereocenters. The van der Waals surface area contributed by atoms with E-state index in [-0.39, 0.29) is 11.2 Å². The molecule has 0 aliphatic carbocycles. The van der Waals surface area contributed by atoms with Gasteiger partial charge in [0, 0.05) is 18.6 Å². The summed E-state index contributed by atoms with van der Waals surface area (Å²) in [6.45, 7) is 2.28. The Balaban J connectivity index is 2.71. The summed E-state index contributed by atoms with van der Waals surface area (Å²) in [5, 5.41) is 0.404. The first-order valence-corrected chi connectivity index (χ1v) is 5.58. The summed E-state index contributed by atoms with van der Waals surface area (Å²) in [5.74, 6) is -0.00162. The molecule has 0 aromatic heterocycles. The van der Waals surface area contributed by atoms with E-state index in [0.29, 0.717) is 11.6 Å². The fourth-order valence-electron chi connectivity index (χ4n) is 1.28. The molecule has 1 amide bonds. The van der Waals surface area contributed by atoms with Crippen molar-refractivity contribution in [3.8, 4) is 0 Å². The number of hydrogen-bond donors (Lipinski definition) is 1. The minimum Gasteiger partial charge on any atom is -0.340 e. The van der Waals surface area contributed by atoms with Gasteiger partial charge in [0.05, 0.1) is 5.25 Å². The van der Waals surface area contributed by atoms with Gasteiger partial charge in [-0.1, -0.05) is 29.8 Å². The molecule has 1 aromatic rings. The Morgan fingerprint density at radius 1 is 1.53 bits per heavy atom. The Labute approximate surface area is 101 Å². The lowest BCUT2D eigenvalue weighted by Gasteiger charge is -2.19. The molecule has 82 valence electrons. The normalized spacial score (nSPS) is 12.3. The van der Waals surface area contributed by atoms with E-state index in [4.69, 9.17) is 11.6 Å². The van der Waals surface area contributed by atoms with Crippen LogP contribution in [-0.4, -0.2) is 23.1 Å². The molecule has 0 saturated heterocycles. The highest BCUT2D eigenvalue weighted by Crippen LogP contribution is 2.17. The summed E-state index contributed by atoms with van der Waals surface area (Å²) < 4.78 is 0. The Hall–Kier alpha value is -0.670. The molecule has 0 heterocycles. The van der Waals surface area contributed by atoms with Crippen LogP contribution in [-0.2, 0) is 11.3 Å². The first kappa shape index (κ1) is 12.4. The monoisotopic (exact) mass is 243 g/mol. The van der Waals surface area contributed by atoms with E-state index in [0.717, 1.165) is 5.56 Å². The van der Waals surface area contributed by atoms with Gasteiger partial charge >= 0.3 is 0 Å². The zero-order valence-corrected chi connectivity index (χ0v) is 10.4. The van der Waals surface area contributed by atoms with E-state index in [1.807, 2.05) is 24.3 Å². The number of halogens is 1. The maximum atomic E-state index is 11.6. The van der Waals surface area contributed by atoms with Gasteiger partial charge in [-0.05, 0) is 18.6 Å². The quantitative estimate of drug-likeness (QED) is 0.810. The van der Waals surface area contributed by atoms with E-state index in [1.54, 1.807) is 18.9 Å². The molecule has 4 heteroatoms. The average molecular weight is 244 g/mol. The van der Waals surface area contributed by atoms with E-state index in [1.165, 1.54) is 0 Å². The van der Waals surface area contributed by atoms with Gasteiger partial charge in [0.1, 0.15) is 0 Å². The summed E-state index contributed by atoms with van der Waals surface area (Å²) in [5.41, 5.74) is 0.948. The van der Waals surface area contributed by atoms with Crippen molar-refractivity contribution in [2.24, 2.45) is 0 Å². The largest absolute Gasteiger partial charge is 0.340 e. The minimum absolute atomic E-state index is 0.00162. The highest BCUT2D eigenvalue weighted by molar-refractivity contribution is 7.81. The van der Waals surface area contributed by atoms with Crippen LogP contribution in [0.5, 0.6) is 0 Å². The summed E-state index contributed by atoms with van der Waals surface area (Å²) in [6.07, 6.45) is 0. The highest BCUT2D eigenvalue weighted by Gasteiger charge is 2.14. The van der Waals surface area contributed by atoms with Gasteiger partial charge in [-0.2, -0.15) is 12.6 Å². The lowest BCUT2D eigenvalue weighted by Crippen LogP contribution is -2.31. The molecule has 0 N–H and O–H groups in total. The van der Waals surface area contributed by atoms with Gasteiger partial charge in [0.15, 0.2) is 0 Å². The van der Waals surface area contributed by atoms with Gasteiger partial charge in [0.2, 0.25) is 5.91 Å². The summed E-state index contributed by atoms with van der Waals surface area (Å²) in [7, 11) is 1.75. The molecular weight excluding hydrogens is 230 g/mol. The van der Waals surface area contributed by atoms with Crippen molar-refractivity contribution in [2.75, 3.05) is 7.05 Å². The standard InChI is InChI=1S/C11H14ClNOS/c1-8(15)11(14)13(2)7-9-5-3-4-6-10(9)12/h3-6,8,15H,7H2,1-2H3. The lowest BCUT2D eigenvalue weighted by molar-refractivity contribution is -0.129. The predicted molar refractivity (Wildman–Crippen MR) is 66.4 cm³/mol. The maximum Gasteiger partial charge on any atom is 0.235 e. The van der Waals surface area contributed by atoms with Crippen molar-refractivity contribution in [2.45, 2.75) is 18.7 Å². The molecule has 0 radical (unpaired) electrons. The average Bonchev–Trinajstić information content (AvgIpc) is 2.20. The number of carbonyl (C=O) groups excluding carboxylic acids is 1. The summed E-state index contributed by atoms with van der Waals surface area (Å²) >= 11 is 10.1. The van der Waals surface area contributed by atoms with Crippen LogP contribution in [0, 0.1) is 0 Å². The zero-order chi connectivity index (χ0) is 11.4. The number of amides is 1. The first-order valence-electron chi connectivity index (χ1n) is 4.69. The van der Waals surface area contributed by atoms with Crippen LogP contribution in [0.3, 0.4) is 0 Å². The van der Waals surface area contributed by atoms with Crippen LogP contribution >= 0.6 is 24.2 Å². The number of benzene rings is 1. The Morgan fingerprint density at radius 3 is 2.67 bits per heavy atom. The fraction of sp³-hybridized carbons (Fsp3) is 0.364. The molecule has 0 aliphatic rings. The van der Waals surface area contributed by atoms with Crippen molar-refractivity contribution in [3.05, 3.63) is 34.9 Å². The predicted octanol–water partition coefficient (Wildman–Crippen LogP) is 2.62. The second-order valence-electron chi connectivity index (χ2n) is 3.46. The highest BCUT2D eigenvalue weighted by atomic mass is 35.5. The smallest absolute Gasteiger partial charge is 0.235 e. The Morgan fingerprint density at radius 2 is 2.13 bits per heavy atom. The molecule has 0 fully saturated rings. The zero-order valence-electron chi connectivity index (χ0n) is 8.77. The number of thiol groups is 1. The maximum absolute atomic E-state index is 11.6. The third-order valence-electron chi connectivity index (χ3n) is 2.10. The van der Waals surface area contributed by atoms with E-state index in [9.17, 15) is 4.79 Å². The van der Waals surface area contributed by atoms with Crippen molar-refractivity contribution >= 4 is 30.1 Å². The topological polar surface area (TPSA) is 20.3 Å². The molecule has 1 unspecified atom stereocenters. The third-order valence-corrected chi connectivity index (χ3v) is 2.69. The van der Waals surface area contributed by atoms with Crippen LogP contribution < -0.4 is 0 Å². The second-order valence-corrected chi connectivity index (χ2v) is 4.64. The van der Waals surface area contributed by atoms with Crippen molar-refractivity contribution in [3.63, 3.8) is 0 Å². The minimum atomic E-state index is -0.280. The summed E-state index contributed by atoms with van der Waals surface area (Å²) in [4.78, 5) is 13.2. The van der Waals surface area contributed by atoms with Crippen LogP contribution in [0.2, 0.25) is 5.02 Å². The molecular formula is C11H14ClNOS.